The van der Waals surface area contributed by atoms with E-state index < -0.39 is 50.2 Å². The van der Waals surface area contributed by atoms with E-state index in [4.69, 9.17) is 34.8 Å². The predicted octanol–water partition coefficient (Wildman–Crippen LogP) is 4.13. The van der Waals surface area contributed by atoms with Crippen LogP contribution in [-0.4, -0.2) is 38.6 Å². The highest BCUT2D eigenvalue weighted by Gasteiger charge is 3.10. The quantitative estimate of drug-likeness (QED) is 0.456. The highest BCUT2D eigenvalue weighted by Crippen LogP contribution is 2.85. The van der Waals surface area contributed by atoms with Gasteiger partial charge in [-0.3, -0.25) is 0 Å². The number of halogens is 10. The molecule has 0 bridgehead atoms. The summed E-state index contributed by atoms with van der Waals surface area (Å²) in [5, 5.41) is -8.88. The van der Waals surface area contributed by atoms with E-state index in [1.165, 1.54) is 0 Å². The van der Waals surface area contributed by atoms with Crippen LogP contribution in [0.5, 0.6) is 0 Å². The van der Waals surface area contributed by atoms with E-state index in [9.17, 15) is 30.7 Å². The zero-order valence-corrected chi connectivity index (χ0v) is 10.7. The third-order valence-electron chi connectivity index (χ3n) is 4.14. The molecule has 3 aliphatic carbocycles. The lowest BCUT2D eigenvalue weighted by Gasteiger charge is -2.57. The first-order valence-electron chi connectivity index (χ1n) is 4.86. The van der Waals surface area contributed by atoms with Crippen LogP contribution >= 0.6 is 34.8 Å². The second kappa shape index (κ2) is 2.99. The van der Waals surface area contributed by atoms with Crippen LogP contribution in [0.4, 0.5) is 30.7 Å². The Morgan fingerprint density at radius 2 is 1.32 bits per heavy atom. The molecule has 0 saturated heterocycles. The third-order valence-corrected chi connectivity index (χ3v) is 5.90. The van der Waals surface area contributed by atoms with Gasteiger partial charge in [-0.2, -0.15) is 0 Å². The van der Waals surface area contributed by atoms with Crippen molar-refractivity contribution >= 4 is 34.8 Å². The van der Waals surface area contributed by atoms with E-state index >= 15 is 0 Å². The zero-order valence-electron chi connectivity index (χ0n) is 8.43. The van der Waals surface area contributed by atoms with Crippen LogP contribution in [0, 0.1) is 0 Å². The van der Waals surface area contributed by atoms with E-state index in [2.05, 4.69) is 0 Å². The fourth-order valence-electron chi connectivity index (χ4n) is 2.93. The maximum atomic E-state index is 14.4. The van der Waals surface area contributed by atoms with E-state index in [1.807, 2.05) is 0 Å². The van der Waals surface area contributed by atoms with Gasteiger partial charge in [-0.05, 0) is 0 Å². The average Bonchev–Trinajstić information content (AvgIpc) is 2.74. The van der Waals surface area contributed by atoms with Crippen LogP contribution in [0.1, 0.15) is 0 Å². The second-order valence-corrected chi connectivity index (χ2v) is 6.21. The molecule has 0 amide bonds. The topological polar surface area (TPSA) is 0 Å². The van der Waals surface area contributed by atoms with Crippen LogP contribution in [0.15, 0.2) is 11.7 Å². The van der Waals surface area contributed by atoms with Gasteiger partial charge in [0, 0.05) is 0 Å². The van der Waals surface area contributed by atoms with Crippen molar-refractivity contribution < 1.29 is 30.7 Å². The summed E-state index contributed by atoms with van der Waals surface area (Å²) in [5.41, 5.74) is -17.3. The Morgan fingerprint density at radius 1 is 0.842 bits per heavy atom. The van der Waals surface area contributed by atoms with Gasteiger partial charge in [-0.15, -0.1) is 23.2 Å². The predicted molar refractivity (Wildman–Crippen MR) is 53.6 cm³/mol. The summed E-state index contributed by atoms with van der Waals surface area (Å²) in [5.74, 6) is -5.44. The lowest BCUT2D eigenvalue weighted by atomic mass is 9.59. The normalized spacial score (nSPS) is 67.3. The van der Waals surface area contributed by atoms with Crippen LogP contribution in [-0.2, 0) is 0 Å². The molecular formula is C9H2Cl3F7. The maximum absolute atomic E-state index is 14.4. The molecule has 0 aromatic rings. The van der Waals surface area contributed by atoms with Gasteiger partial charge >= 0.3 is 0 Å². The smallest absolute Gasteiger partial charge is 0.234 e. The molecule has 108 valence electrons. The van der Waals surface area contributed by atoms with E-state index in [-0.39, 0.29) is 0 Å². The van der Waals surface area contributed by atoms with Crippen molar-refractivity contribution in [2.24, 2.45) is 0 Å². The fourth-order valence-corrected chi connectivity index (χ4v) is 4.27. The molecule has 0 aliphatic heterocycles. The second-order valence-electron chi connectivity index (χ2n) is 4.75. The highest BCUT2D eigenvalue weighted by atomic mass is 35.5. The monoisotopic (exact) mass is 348 g/mol. The van der Waals surface area contributed by atoms with Crippen molar-refractivity contribution in [3.63, 3.8) is 0 Å². The van der Waals surface area contributed by atoms with Gasteiger partial charge in [0.1, 0.15) is 0 Å². The maximum Gasteiger partial charge on any atom is 0.268 e. The SMILES string of the molecule is FC1=C(F)[C@]2(F)[C@H](Cl)[C@@H](Cl)[C@]2(F)[C@@]2(F)[C@](F)(Cl)[C@@]12F. The molecule has 10 heteroatoms. The number of fused-ring (bicyclic) bond motifs is 3. The lowest BCUT2D eigenvalue weighted by Crippen LogP contribution is -2.81. The van der Waals surface area contributed by atoms with Crippen LogP contribution in [0.25, 0.3) is 0 Å². The molecule has 0 radical (unpaired) electrons. The van der Waals surface area contributed by atoms with Crippen LogP contribution < -0.4 is 0 Å². The standard InChI is InChI=1S/C9H2Cl3F7/c10-1-2(11)6(16)5(1,15)3(13)4(14)7(17)8(6,18)9(7,12)19/h1-2H/t1-,2-,5-,6-,7-,8+,9+/m1/s1. The number of rotatable bonds is 0. The summed E-state index contributed by atoms with van der Waals surface area (Å²) >= 11 is 15.2. The minimum atomic E-state index is -4.50. The molecule has 2 fully saturated rings. The molecule has 2 saturated carbocycles. The Morgan fingerprint density at radius 3 is 1.79 bits per heavy atom. The van der Waals surface area contributed by atoms with Gasteiger partial charge in [0.05, 0.1) is 10.8 Å². The molecule has 0 nitrogen and oxygen atoms in total. The summed E-state index contributed by atoms with van der Waals surface area (Å²) in [6.45, 7) is 0. The van der Waals surface area contributed by atoms with Gasteiger partial charge in [0.15, 0.2) is 11.7 Å². The third kappa shape index (κ3) is 0.834. The molecule has 0 N–H and O–H groups in total. The number of hydrogen-bond donors (Lipinski definition) is 0. The van der Waals surface area contributed by atoms with Gasteiger partial charge < -0.3 is 0 Å². The molecule has 3 rings (SSSR count). The van der Waals surface area contributed by atoms with Gasteiger partial charge in [-0.25, -0.2) is 30.7 Å². The van der Waals surface area contributed by atoms with Gasteiger partial charge in [-0.1, -0.05) is 11.6 Å². The molecule has 19 heavy (non-hydrogen) atoms. The minimum Gasteiger partial charge on any atom is -0.234 e. The van der Waals surface area contributed by atoms with E-state index in [0.717, 1.165) is 0 Å². The number of hydrogen-bond acceptors (Lipinski definition) is 0. The van der Waals surface area contributed by atoms with Gasteiger partial charge in [0.2, 0.25) is 17.0 Å². The first-order chi connectivity index (χ1) is 8.38. The van der Waals surface area contributed by atoms with E-state index in [0.29, 0.717) is 0 Å². The number of allylic oxidation sites excluding steroid dienone is 2. The molecule has 0 unspecified atom stereocenters. The first-order valence-corrected chi connectivity index (χ1v) is 6.11. The fraction of sp³-hybridized carbons (Fsp3) is 0.778. The molecular weight excluding hydrogens is 347 g/mol. The Kier molecular flexibility index (Phi) is 2.22. The average molecular weight is 349 g/mol. The Bertz CT molecular complexity index is 538. The summed E-state index contributed by atoms with van der Waals surface area (Å²) < 4.78 is 97.1. The number of alkyl halides is 8. The van der Waals surface area contributed by atoms with Crippen molar-refractivity contribution in [2.45, 2.75) is 38.6 Å². The van der Waals surface area contributed by atoms with Crippen molar-refractivity contribution in [1.29, 1.82) is 0 Å². The molecule has 0 heterocycles. The van der Waals surface area contributed by atoms with Crippen molar-refractivity contribution in [3.05, 3.63) is 11.7 Å². The Labute approximate surface area is 116 Å². The molecule has 0 aromatic carbocycles. The Hall–Kier alpha value is 0.120. The molecule has 0 aromatic heterocycles. The summed E-state index contributed by atoms with van der Waals surface area (Å²) in [4.78, 5) is 0. The largest absolute Gasteiger partial charge is 0.268 e. The highest BCUT2D eigenvalue weighted by molar-refractivity contribution is 6.35. The zero-order chi connectivity index (χ0) is 14.8. The first kappa shape index (κ1) is 14.1. The van der Waals surface area contributed by atoms with Crippen molar-refractivity contribution in [1.82, 2.24) is 0 Å². The van der Waals surface area contributed by atoms with E-state index in [1.54, 1.807) is 0 Å². The minimum absolute atomic E-state index is 2.24. The Balaban J connectivity index is 2.35. The van der Waals surface area contributed by atoms with Crippen LogP contribution in [0.2, 0.25) is 0 Å². The van der Waals surface area contributed by atoms with Crippen molar-refractivity contribution in [3.8, 4) is 0 Å². The summed E-state index contributed by atoms with van der Waals surface area (Å²) in [7, 11) is 0. The summed E-state index contributed by atoms with van der Waals surface area (Å²) in [6.07, 6.45) is 0. The molecule has 3 aliphatic rings. The van der Waals surface area contributed by atoms with Crippen LogP contribution in [0.3, 0.4) is 0 Å². The molecule has 7 atom stereocenters. The molecule has 0 spiro atoms. The lowest BCUT2D eigenvalue weighted by molar-refractivity contribution is -0.181. The summed E-state index contributed by atoms with van der Waals surface area (Å²) in [6, 6.07) is 0. The van der Waals surface area contributed by atoms with Crippen molar-refractivity contribution in [2.75, 3.05) is 0 Å². The van der Waals surface area contributed by atoms with Gasteiger partial charge in [0.25, 0.3) is 10.8 Å².